The summed E-state index contributed by atoms with van der Waals surface area (Å²) >= 11 is 2.02. The Hall–Kier alpha value is -0.320. The maximum absolute atomic E-state index is 10.8. The summed E-state index contributed by atoms with van der Waals surface area (Å²) in [6.07, 6.45) is 3.54. The van der Waals surface area contributed by atoms with Crippen molar-refractivity contribution in [1.29, 1.82) is 0 Å². The smallest absolute Gasteiger partial charge is 0.194 e. The Bertz CT molecular complexity index is 266. The summed E-state index contributed by atoms with van der Waals surface area (Å²) in [5.74, 6) is 0. The standard InChI is InChI=1S/C6H6INO/c1-8-3-2-6(9)5(7)4-8/h2-4H,1H3. The van der Waals surface area contributed by atoms with Crippen LogP contribution in [-0.4, -0.2) is 4.57 Å². The minimum atomic E-state index is 0.0914. The lowest BCUT2D eigenvalue weighted by molar-refractivity contribution is 0.893. The molecule has 1 heterocycles. The lowest BCUT2D eigenvalue weighted by atomic mass is 10.5. The monoisotopic (exact) mass is 235 g/mol. The predicted octanol–water partition coefficient (Wildman–Crippen LogP) is 0.990. The summed E-state index contributed by atoms with van der Waals surface area (Å²) in [6.45, 7) is 0. The largest absolute Gasteiger partial charge is 0.356 e. The van der Waals surface area contributed by atoms with Gasteiger partial charge in [-0.2, -0.15) is 0 Å². The van der Waals surface area contributed by atoms with E-state index in [2.05, 4.69) is 0 Å². The minimum Gasteiger partial charge on any atom is -0.356 e. The Morgan fingerprint density at radius 3 is 2.78 bits per heavy atom. The quantitative estimate of drug-likeness (QED) is 0.614. The maximum atomic E-state index is 10.8. The average molecular weight is 235 g/mol. The summed E-state index contributed by atoms with van der Waals surface area (Å²) in [4.78, 5) is 10.8. The van der Waals surface area contributed by atoms with E-state index in [4.69, 9.17) is 0 Å². The molecule has 0 spiro atoms. The highest BCUT2D eigenvalue weighted by Gasteiger charge is 1.89. The minimum absolute atomic E-state index is 0.0914. The van der Waals surface area contributed by atoms with Crippen molar-refractivity contribution in [3.63, 3.8) is 0 Å². The fourth-order valence-corrected chi connectivity index (χ4v) is 1.17. The summed E-state index contributed by atoms with van der Waals surface area (Å²) in [5.41, 5.74) is 0.0914. The van der Waals surface area contributed by atoms with Gasteiger partial charge in [-0.1, -0.05) is 0 Å². The predicted molar refractivity (Wildman–Crippen MR) is 44.4 cm³/mol. The molecule has 0 amide bonds. The first-order valence-corrected chi connectivity index (χ1v) is 3.60. The maximum Gasteiger partial charge on any atom is 0.194 e. The molecule has 1 aromatic heterocycles. The van der Waals surface area contributed by atoms with Crippen LogP contribution in [0, 0.1) is 3.57 Å². The molecule has 0 aliphatic heterocycles. The normalized spacial score (nSPS) is 9.56. The number of hydrogen-bond donors (Lipinski definition) is 0. The third-order valence-electron chi connectivity index (χ3n) is 1.01. The molecule has 0 radical (unpaired) electrons. The van der Waals surface area contributed by atoms with Crippen molar-refractivity contribution >= 4 is 22.6 Å². The Morgan fingerprint density at radius 1 is 1.67 bits per heavy atom. The van der Waals surface area contributed by atoms with Gasteiger partial charge in [-0.15, -0.1) is 0 Å². The van der Waals surface area contributed by atoms with Gasteiger partial charge < -0.3 is 4.57 Å². The van der Waals surface area contributed by atoms with Crippen LogP contribution in [0.3, 0.4) is 0 Å². The number of aryl methyl sites for hydroxylation is 1. The van der Waals surface area contributed by atoms with Gasteiger partial charge in [0.15, 0.2) is 5.43 Å². The number of hydrogen-bond acceptors (Lipinski definition) is 1. The van der Waals surface area contributed by atoms with Gasteiger partial charge in [-0.25, -0.2) is 0 Å². The van der Waals surface area contributed by atoms with E-state index in [1.165, 1.54) is 0 Å². The third-order valence-corrected chi connectivity index (χ3v) is 1.82. The van der Waals surface area contributed by atoms with Gasteiger partial charge in [0.25, 0.3) is 0 Å². The molecule has 0 bridgehead atoms. The van der Waals surface area contributed by atoms with Gasteiger partial charge >= 0.3 is 0 Å². The Balaban J connectivity index is 3.34. The Kier molecular flexibility index (Phi) is 1.90. The van der Waals surface area contributed by atoms with E-state index in [0.29, 0.717) is 0 Å². The highest BCUT2D eigenvalue weighted by molar-refractivity contribution is 14.1. The number of nitrogens with zero attached hydrogens (tertiary/aromatic N) is 1. The van der Waals surface area contributed by atoms with Crippen molar-refractivity contribution in [3.8, 4) is 0 Å². The van der Waals surface area contributed by atoms with E-state index in [1.54, 1.807) is 18.5 Å². The van der Waals surface area contributed by atoms with E-state index in [0.717, 1.165) is 3.57 Å². The van der Waals surface area contributed by atoms with Crippen LogP contribution in [0.25, 0.3) is 0 Å². The molecule has 0 atom stereocenters. The lowest BCUT2D eigenvalue weighted by Crippen LogP contribution is -2.05. The molecule has 0 aliphatic carbocycles. The summed E-state index contributed by atoms with van der Waals surface area (Å²) < 4.78 is 2.61. The van der Waals surface area contributed by atoms with Crippen molar-refractivity contribution in [2.75, 3.05) is 0 Å². The van der Waals surface area contributed by atoms with E-state index >= 15 is 0 Å². The second-order valence-electron chi connectivity index (χ2n) is 1.82. The molecule has 0 aromatic carbocycles. The van der Waals surface area contributed by atoms with Crippen LogP contribution in [-0.2, 0) is 7.05 Å². The van der Waals surface area contributed by atoms with Crippen molar-refractivity contribution in [2.24, 2.45) is 7.05 Å². The molecule has 0 saturated carbocycles. The molecule has 0 saturated heterocycles. The van der Waals surface area contributed by atoms with Crippen LogP contribution in [0.15, 0.2) is 23.3 Å². The van der Waals surface area contributed by atoms with Gasteiger partial charge in [0.2, 0.25) is 0 Å². The topological polar surface area (TPSA) is 22.0 Å². The van der Waals surface area contributed by atoms with Crippen LogP contribution in [0.1, 0.15) is 0 Å². The first kappa shape index (κ1) is 6.80. The third kappa shape index (κ3) is 1.54. The molecule has 0 N–H and O–H groups in total. The zero-order valence-electron chi connectivity index (χ0n) is 4.97. The van der Waals surface area contributed by atoms with Gasteiger partial charge in [-0.05, 0) is 22.6 Å². The first-order valence-electron chi connectivity index (χ1n) is 2.52. The lowest BCUT2D eigenvalue weighted by Gasteiger charge is -1.94. The molecule has 3 heteroatoms. The molecule has 1 aromatic rings. The van der Waals surface area contributed by atoms with Crippen molar-refractivity contribution in [3.05, 3.63) is 32.3 Å². The van der Waals surface area contributed by atoms with Gasteiger partial charge in [0.05, 0.1) is 3.57 Å². The molecule has 9 heavy (non-hydrogen) atoms. The fraction of sp³-hybridized carbons (Fsp3) is 0.167. The van der Waals surface area contributed by atoms with E-state index in [9.17, 15) is 4.79 Å². The van der Waals surface area contributed by atoms with Crippen LogP contribution in [0.2, 0.25) is 0 Å². The van der Waals surface area contributed by atoms with Crippen LogP contribution in [0.5, 0.6) is 0 Å². The van der Waals surface area contributed by atoms with Crippen molar-refractivity contribution in [1.82, 2.24) is 4.57 Å². The van der Waals surface area contributed by atoms with Crippen LogP contribution in [0.4, 0.5) is 0 Å². The van der Waals surface area contributed by atoms with E-state index in [-0.39, 0.29) is 5.43 Å². The van der Waals surface area contributed by atoms with Crippen molar-refractivity contribution < 1.29 is 0 Å². The fourth-order valence-electron chi connectivity index (χ4n) is 0.550. The molecule has 2 nitrogen and oxygen atoms in total. The van der Waals surface area contributed by atoms with Gasteiger partial charge in [-0.3, -0.25) is 4.79 Å². The zero-order chi connectivity index (χ0) is 6.85. The van der Waals surface area contributed by atoms with Crippen LogP contribution >= 0.6 is 22.6 Å². The molecular formula is C6H6INO. The molecule has 1 rings (SSSR count). The molecule has 48 valence electrons. The summed E-state index contributed by atoms with van der Waals surface area (Å²) in [7, 11) is 1.89. The first-order chi connectivity index (χ1) is 4.20. The Morgan fingerprint density at radius 2 is 2.33 bits per heavy atom. The molecule has 0 unspecified atom stereocenters. The molecular weight excluding hydrogens is 229 g/mol. The van der Waals surface area contributed by atoms with Gasteiger partial charge in [0, 0.05) is 25.5 Å². The highest BCUT2D eigenvalue weighted by Crippen LogP contribution is 1.93. The van der Waals surface area contributed by atoms with E-state index < -0.39 is 0 Å². The van der Waals surface area contributed by atoms with Gasteiger partial charge in [0.1, 0.15) is 0 Å². The second-order valence-corrected chi connectivity index (χ2v) is 2.98. The average Bonchev–Trinajstić information content (AvgIpc) is 1.80. The second kappa shape index (κ2) is 2.51. The summed E-state index contributed by atoms with van der Waals surface area (Å²) in [6, 6.07) is 1.56. The van der Waals surface area contributed by atoms with Crippen LogP contribution < -0.4 is 5.43 Å². The SMILES string of the molecule is Cn1ccc(=O)c(I)c1. The Labute approximate surface area is 66.6 Å². The molecule has 0 aliphatic rings. The number of aromatic nitrogens is 1. The zero-order valence-corrected chi connectivity index (χ0v) is 7.12. The van der Waals surface area contributed by atoms with E-state index in [1.807, 2.05) is 34.2 Å². The number of halogens is 1. The van der Waals surface area contributed by atoms with Crippen molar-refractivity contribution in [2.45, 2.75) is 0 Å². The summed E-state index contributed by atoms with van der Waals surface area (Å²) in [5, 5.41) is 0. The number of pyridine rings is 1. The highest BCUT2D eigenvalue weighted by atomic mass is 127. The molecule has 0 fully saturated rings. The number of rotatable bonds is 0.